The fourth-order valence-corrected chi connectivity index (χ4v) is 1.10. The number of rotatable bonds is 4. The van der Waals surface area contributed by atoms with Crippen molar-refractivity contribution in [2.45, 2.75) is 6.92 Å². The average molecular weight is 234 g/mol. The Bertz CT molecular complexity index is 500. The standard InChI is InChI=1S/C8H10N8O/c1-5(13-7-9-3-11-15-7)2-6(17)14-8-10-4-12-16-8/h2-4H,1H3,(H2,9,11,13,15)(H2,10,12,14,16,17)/b5-2-. The smallest absolute Gasteiger partial charge is 0.252 e. The number of nitrogens with one attached hydrogen (secondary N) is 4. The van der Waals surface area contributed by atoms with Gasteiger partial charge < -0.3 is 5.32 Å². The highest BCUT2D eigenvalue weighted by atomic mass is 16.1. The molecule has 0 aromatic carbocycles. The summed E-state index contributed by atoms with van der Waals surface area (Å²) < 4.78 is 0. The maximum absolute atomic E-state index is 11.5. The third-order valence-electron chi connectivity index (χ3n) is 1.73. The van der Waals surface area contributed by atoms with Crippen LogP contribution < -0.4 is 10.6 Å². The molecule has 0 saturated carbocycles. The van der Waals surface area contributed by atoms with Crippen LogP contribution in [0.5, 0.6) is 0 Å². The fourth-order valence-electron chi connectivity index (χ4n) is 1.10. The van der Waals surface area contributed by atoms with Crippen molar-refractivity contribution in [2.75, 3.05) is 10.6 Å². The highest BCUT2D eigenvalue weighted by Crippen LogP contribution is 2.00. The van der Waals surface area contributed by atoms with Gasteiger partial charge in [0.2, 0.25) is 11.9 Å². The molecule has 0 unspecified atom stereocenters. The van der Waals surface area contributed by atoms with E-state index in [4.69, 9.17) is 0 Å². The number of amides is 1. The summed E-state index contributed by atoms with van der Waals surface area (Å²) in [5, 5.41) is 17.8. The Labute approximate surface area is 95.8 Å². The predicted octanol–water partition coefficient (Wildman–Crippen LogP) is -0.123. The molecule has 0 atom stereocenters. The molecule has 0 aliphatic heterocycles. The van der Waals surface area contributed by atoms with Crippen molar-refractivity contribution in [3.05, 3.63) is 24.4 Å². The van der Waals surface area contributed by atoms with E-state index < -0.39 is 0 Å². The molecule has 2 aromatic rings. The van der Waals surface area contributed by atoms with Gasteiger partial charge in [-0.3, -0.25) is 10.1 Å². The summed E-state index contributed by atoms with van der Waals surface area (Å²) in [6, 6.07) is 0. The van der Waals surface area contributed by atoms with Crippen molar-refractivity contribution in [2.24, 2.45) is 0 Å². The Balaban J connectivity index is 1.92. The van der Waals surface area contributed by atoms with Crippen LogP contribution in [0.2, 0.25) is 0 Å². The van der Waals surface area contributed by atoms with Gasteiger partial charge in [0.25, 0.3) is 5.91 Å². The molecule has 9 nitrogen and oxygen atoms in total. The minimum Gasteiger partial charge on any atom is -0.328 e. The van der Waals surface area contributed by atoms with Gasteiger partial charge in [0.1, 0.15) is 12.7 Å². The molecular formula is C8H10N8O. The molecule has 88 valence electrons. The van der Waals surface area contributed by atoms with Gasteiger partial charge in [0.05, 0.1) is 0 Å². The third-order valence-corrected chi connectivity index (χ3v) is 1.73. The molecular weight excluding hydrogens is 224 g/mol. The Morgan fingerprint density at radius 3 is 2.29 bits per heavy atom. The number of H-pyrrole nitrogens is 2. The molecule has 17 heavy (non-hydrogen) atoms. The summed E-state index contributed by atoms with van der Waals surface area (Å²) in [5.74, 6) is 0.427. The first-order valence-corrected chi connectivity index (χ1v) is 4.71. The number of hydrogen-bond acceptors (Lipinski definition) is 6. The Kier molecular flexibility index (Phi) is 3.10. The van der Waals surface area contributed by atoms with Crippen LogP contribution in [0.25, 0.3) is 0 Å². The van der Waals surface area contributed by atoms with E-state index in [1.807, 2.05) is 0 Å². The van der Waals surface area contributed by atoms with Crippen LogP contribution in [0.15, 0.2) is 24.4 Å². The maximum Gasteiger partial charge on any atom is 0.252 e. The van der Waals surface area contributed by atoms with Crippen LogP contribution in [0.3, 0.4) is 0 Å². The summed E-state index contributed by atoms with van der Waals surface area (Å²) in [7, 11) is 0. The molecule has 0 aliphatic carbocycles. The lowest BCUT2D eigenvalue weighted by molar-refractivity contribution is -0.112. The fraction of sp³-hybridized carbons (Fsp3) is 0.125. The van der Waals surface area contributed by atoms with Crippen LogP contribution in [-0.4, -0.2) is 36.3 Å². The molecule has 0 radical (unpaired) electrons. The molecule has 2 rings (SSSR count). The number of allylic oxidation sites excluding steroid dienone is 1. The zero-order valence-corrected chi connectivity index (χ0v) is 8.93. The molecule has 0 bridgehead atoms. The van der Waals surface area contributed by atoms with Crippen molar-refractivity contribution in [3.63, 3.8) is 0 Å². The van der Waals surface area contributed by atoms with Crippen molar-refractivity contribution < 1.29 is 4.79 Å². The van der Waals surface area contributed by atoms with Crippen molar-refractivity contribution in [1.29, 1.82) is 0 Å². The van der Waals surface area contributed by atoms with Crippen LogP contribution in [0.1, 0.15) is 6.92 Å². The van der Waals surface area contributed by atoms with Crippen molar-refractivity contribution in [3.8, 4) is 0 Å². The van der Waals surface area contributed by atoms with Gasteiger partial charge in [-0.1, -0.05) is 0 Å². The summed E-state index contributed by atoms with van der Waals surface area (Å²) >= 11 is 0. The van der Waals surface area contributed by atoms with Gasteiger partial charge in [-0.15, -0.1) is 0 Å². The van der Waals surface area contributed by atoms with Gasteiger partial charge in [-0.2, -0.15) is 20.2 Å². The summed E-state index contributed by atoms with van der Waals surface area (Å²) in [5.41, 5.74) is 0.610. The quantitative estimate of drug-likeness (QED) is 0.546. The van der Waals surface area contributed by atoms with Gasteiger partial charge in [-0.25, -0.2) is 10.2 Å². The van der Waals surface area contributed by atoms with Gasteiger partial charge in [0, 0.05) is 11.8 Å². The highest BCUT2D eigenvalue weighted by Gasteiger charge is 2.02. The molecule has 1 amide bonds. The van der Waals surface area contributed by atoms with E-state index in [0.717, 1.165) is 0 Å². The van der Waals surface area contributed by atoms with E-state index in [1.54, 1.807) is 6.92 Å². The lowest BCUT2D eigenvalue weighted by atomic mass is 10.4. The van der Waals surface area contributed by atoms with Gasteiger partial charge in [0.15, 0.2) is 0 Å². The van der Waals surface area contributed by atoms with E-state index in [0.29, 0.717) is 17.6 Å². The molecule has 2 aromatic heterocycles. The monoisotopic (exact) mass is 234 g/mol. The summed E-state index contributed by atoms with van der Waals surface area (Å²) in [6.07, 6.45) is 4.04. The number of anilines is 2. The van der Waals surface area contributed by atoms with E-state index in [-0.39, 0.29) is 5.91 Å². The first-order valence-electron chi connectivity index (χ1n) is 4.71. The minimum absolute atomic E-state index is 0.290. The van der Waals surface area contributed by atoms with Gasteiger partial charge in [-0.05, 0) is 6.92 Å². The second-order valence-corrected chi connectivity index (χ2v) is 3.11. The maximum atomic E-state index is 11.5. The predicted molar refractivity (Wildman–Crippen MR) is 58.8 cm³/mol. The van der Waals surface area contributed by atoms with Crippen molar-refractivity contribution >= 4 is 17.8 Å². The molecule has 0 aliphatic rings. The van der Waals surface area contributed by atoms with Crippen LogP contribution in [-0.2, 0) is 4.79 Å². The average Bonchev–Trinajstić information content (AvgIpc) is 2.90. The molecule has 0 spiro atoms. The number of aromatic nitrogens is 6. The number of nitrogens with zero attached hydrogens (tertiary/aromatic N) is 4. The van der Waals surface area contributed by atoms with E-state index in [1.165, 1.54) is 18.7 Å². The largest absolute Gasteiger partial charge is 0.328 e. The normalized spacial score (nSPS) is 11.2. The van der Waals surface area contributed by atoms with Crippen LogP contribution in [0, 0.1) is 0 Å². The van der Waals surface area contributed by atoms with Crippen molar-refractivity contribution in [1.82, 2.24) is 30.4 Å². The second kappa shape index (κ2) is 4.88. The molecule has 0 saturated heterocycles. The minimum atomic E-state index is -0.328. The van der Waals surface area contributed by atoms with Crippen LogP contribution >= 0.6 is 0 Å². The number of aromatic amines is 2. The Morgan fingerprint density at radius 2 is 1.76 bits per heavy atom. The van der Waals surface area contributed by atoms with E-state index in [9.17, 15) is 4.79 Å². The topological polar surface area (TPSA) is 124 Å². The summed E-state index contributed by atoms with van der Waals surface area (Å²) in [4.78, 5) is 19.1. The zero-order valence-electron chi connectivity index (χ0n) is 8.93. The number of hydrogen-bond donors (Lipinski definition) is 4. The number of carbonyl (C=O) groups is 1. The second-order valence-electron chi connectivity index (χ2n) is 3.11. The first-order chi connectivity index (χ1) is 8.24. The molecule has 4 N–H and O–H groups in total. The lowest BCUT2D eigenvalue weighted by Gasteiger charge is -2.01. The summed E-state index contributed by atoms with van der Waals surface area (Å²) in [6.45, 7) is 1.72. The Morgan fingerprint density at radius 1 is 1.18 bits per heavy atom. The van der Waals surface area contributed by atoms with E-state index >= 15 is 0 Å². The zero-order chi connectivity index (χ0) is 12.1. The SMILES string of the molecule is C/C(=C/C(=O)Nc1ncn[nH]1)Nc1ncn[nH]1. The lowest BCUT2D eigenvalue weighted by Crippen LogP contribution is -2.11. The van der Waals surface area contributed by atoms with E-state index in [2.05, 4.69) is 41.0 Å². The van der Waals surface area contributed by atoms with Crippen LogP contribution in [0.4, 0.5) is 11.9 Å². The third kappa shape index (κ3) is 3.12. The molecule has 2 heterocycles. The first kappa shape index (κ1) is 10.8. The molecule has 9 heteroatoms. The molecule has 0 fully saturated rings. The van der Waals surface area contributed by atoms with Gasteiger partial charge >= 0.3 is 0 Å². The Hall–Kier alpha value is -2.71. The number of carbonyl (C=O) groups excluding carboxylic acids is 1. The highest BCUT2D eigenvalue weighted by molar-refractivity contribution is 5.98.